The number of esters is 1. The van der Waals surface area contributed by atoms with Crippen LogP contribution >= 0.6 is 0 Å². The largest absolute Gasteiger partial charge is 0.481 e. The maximum absolute atomic E-state index is 11.2. The molecule has 0 rings (SSSR count). The molecule has 0 unspecified atom stereocenters. The minimum absolute atomic E-state index is 0.109. The van der Waals surface area contributed by atoms with Crippen molar-refractivity contribution < 1.29 is 19.4 Å². The maximum atomic E-state index is 11.2. The maximum Gasteiger partial charge on any atom is 0.310 e. The molecule has 0 bridgehead atoms. The van der Waals surface area contributed by atoms with E-state index in [4.69, 9.17) is 9.84 Å². The summed E-state index contributed by atoms with van der Waals surface area (Å²) in [5.74, 6) is -0.477. The van der Waals surface area contributed by atoms with Crippen molar-refractivity contribution in [2.24, 2.45) is 5.92 Å². The predicted molar refractivity (Wildman–Crippen MR) is 65.4 cm³/mol. The molecule has 17 heavy (non-hydrogen) atoms. The lowest BCUT2D eigenvalue weighted by atomic mass is 10.1. The normalized spacial score (nSPS) is 11.0. The van der Waals surface area contributed by atoms with Gasteiger partial charge in [-0.1, -0.05) is 13.8 Å². The van der Waals surface area contributed by atoms with E-state index in [-0.39, 0.29) is 18.8 Å². The molecule has 4 nitrogen and oxygen atoms in total. The molecule has 0 amide bonds. The summed E-state index contributed by atoms with van der Waals surface area (Å²) >= 11 is 0. The third kappa shape index (κ3) is 12.6. The van der Waals surface area contributed by atoms with E-state index >= 15 is 0 Å². The highest BCUT2D eigenvalue weighted by atomic mass is 16.5. The Balaban J connectivity index is 3.43. The summed E-state index contributed by atoms with van der Waals surface area (Å²) in [4.78, 5) is 21.4. The van der Waals surface area contributed by atoms with Crippen LogP contribution in [0.2, 0.25) is 0 Å². The van der Waals surface area contributed by atoms with Crippen molar-refractivity contribution in [3.8, 4) is 0 Å². The van der Waals surface area contributed by atoms with Gasteiger partial charge in [-0.05, 0) is 37.7 Å². The number of unbranched alkanes of at least 4 members (excludes halogenated alkanes) is 1. The van der Waals surface area contributed by atoms with Gasteiger partial charge in [0.15, 0.2) is 0 Å². The first-order valence-electron chi connectivity index (χ1n) is 6.08. The van der Waals surface area contributed by atoms with Gasteiger partial charge in [0.05, 0.1) is 6.26 Å². The van der Waals surface area contributed by atoms with E-state index in [9.17, 15) is 9.59 Å². The highest BCUT2D eigenvalue weighted by Crippen LogP contribution is 2.05. The Hall–Kier alpha value is -1.32. The summed E-state index contributed by atoms with van der Waals surface area (Å²) < 4.78 is 4.86. The molecule has 1 N–H and O–H groups in total. The lowest BCUT2D eigenvalue weighted by molar-refractivity contribution is -0.139. The van der Waals surface area contributed by atoms with Crippen LogP contribution in [-0.4, -0.2) is 17.0 Å². The number of ether oxygens (including phenoxy) is 1. The first-order valence-corrected chi connectivity index (χ1v) is 6.08. The van der Waals surface area contributed by atoms with Crippen molar-refractivity contribution in [3.05, 3.63) is 12.3 Å². The van der Waals surface area contributed by atoms with Crippen molar-refractivity contribution >= 4 is 11.9 Å². The molecule has 0 atom stereocenters. The van der Waals surface area contributed by atoms with Gasteiger partial charge in [-0.15, -0.1) is 0 Å². The summed E-state index contributed by atoms with van der Waals surface area (Å²) in [6, 6.07) is 0. The van der Waals surface area contributed by atoms with Crippen LogP contribution in [0.25, 0.3) is 0 Å². The molecule has 4 heteroatoms. The van der Waals surface area contributed by atoms with E-state index in [0.29, 0.717) is 18.8 Å². The number of hydrogen-bond donors (Lipinski definition) is 1. The molecule has 0 heterocycles. The standard InChI is InChI=1S/C13H22O4/c1-11(2)7-5-6-10-17-13(16)9-4-3-8-12(14)15/h6,10-11H,3-5,7-9H2,1-2H3,(H,14,15). The van der Waals surface area contributed by atoms with Crippen molar-refractivity contribution in [1.29, 1.82) is 0 Å². The quantitative estimate of drug-likeness (QED) is 0.383. The molecule has 98 valence electrons. The fourth-order valence-electron chi connectivity index (χ4n) is 1.23. The third-order valence-corrected chi connectivity index (χ3v) is 2.23. The highest BCUT2D eigenvalue weighted by molar-refractivity contribution is 5.70. The molecule has 0 aliphatic heterocycles. The van der Waals surface area contributed by atoms with Gasteiger partial charge >= 0.3 is 11.9 Å². The average molecular weight is 242 g/mol. The zero-order chi connectivity index (χ0) is 13.1. The van der Waals surface area contributed by atoms with Gasteiger partial charge in [0.25, 0.3) is 0 Å². The summed E-state index contributed by atoms with van der Waals surface area (Å²) in [6.45, 7) is 4.28. The van der Waals surface area contributed by atoms with Gasteiger partial charge in [0.1, 0.15) is 0 Å². The number of carboxylic acids is 1. The zero-order valence-electron chi connectivity index (χ0n) is 10.6. The van der Waals surface area contributed by atoms with Crippen LogP contribution in [0, 0.1) is 5.92 Å². The van der Waals surface area contributed by atoms with Crippen LogP contribution < -0.4 is 0 Å². The Morgan fingerprint density at radius 2 is 1.88 bits per heavy atom. The summed E-state index contributed by atoms with van der Waals surface area (Å²) in [5.41, 5.74) is 0. The fourth-order valence-corrected chi connectivity index (χ4v) is 1.23. The van der Waals surface area contributed by atoms with Crippen LogP contribution in [0.1, 0.15) is 52.4 Å². The van der Waals surface area contributed by atoms with E-state index in [1.807, 2.05) is 6.08 Å². The topological polar surface area (TPSA) is 63.6 Å². The Morgan fingerprint density at radius 3 is 2.47 bits per heavy atom. The van der Waals surface area contributed by atoms with E-state index in [2.05, 4.69) is 13.8 Å². The highest BCUT2D eigenvalue weighted by Gasteiger charge is 2.02. The fraction of sp³-hybridized carbons (Fsp3) is 0.692. The minimum Gasteiger partial charge on any atom is -0.481 e. The molecule has 0 spiro atoms. The van der Waals surface area contributed by atoms with Gasteiger partial charge in [-0.2, -0.15) is 0 Å². The third-order valence-electron chi connectivity index (χ3n) is 2.23. The average Bonchev–Trinajstić information content (AvgIpc) is 2.23. The number of rotatable bonds is 9. The van der Waals surface area contributed by atoms with Gasteiger partial charge in [0.2, 0.25) is 0 Å². The number of allylic oxidation sites excluding steroid dienone is 1. The number of hydrogen-bond acceptors (Lipinski definition) is 3. The number of carboxylic acid groups (broad SMARTS) is 1. The molecule has 0 aromatic rings. The van der Waals surface area contributed by atoms with Crippen molar-refractivity contribution in [2.75, 3.05) is 0 Å². The second kappa shape index (κ2) is 9.87. The Labute approximate surface area is 103 Å². The Kier molecular flexibility index (Phi) is 9.11. The molecule has 0 saturated heterocycles. The monoisotopic (exact) mass is 242 g/mol. The Bertz CT molecular complexity index is 256. The Morgan fingerprint density at radius 1 is 1.24 bits per heavy atom. The zero-order valence-corrected chi connectivity index (χ0v) is 10.6. The second-order valence-corrected chi connectivity index (χ2v) is 4.43. The lowest BCUT2D eigenvalue weighted by Crippen LogP contribution is -2.00. The number of carbonyl (C=O) groups is 2. The van der Waals surface area contributed by atoms with E-state index in [0.717, 1.165) is 12.8 Å². The van der Waals surface area contributed by atoms with Crippen LogP contribution in [0.15, 0.2) is 12.3 Å². The van der Waals surface area contributed by atoms with Crippen molar-refractivity contribution in [3.63, 3.8) is 0 Å². The number of carbonyl (C=O) groups excluding carboxylic acids is 1. The second-order valence-electron chi connectivity index (χ2n) is 4.43. The van der Waals surface area contributed by atoms with Gasteiger partial charge in [-0.25, -0.2) is 0 Å². The SMILES string of the molecule is CC(C)CCC=COC(=O)CCCCC(=O)O. The molecule has 0 saturated carbocycles. The first-order chi connectivity index (χ1) is 8.02. The molecule has 0 aliphatic carbocycles. The van der Waals surface area contributed by atoms with E-state index in [1.54, 1.807) is 0 Å². The van der Waals surface area contributed by atoms with Crippen LogP contribution in [0.3, 0.4) is 0 Å². The minimum atomic E-state index is -0.827. The summed E-state index contributed by atoms with van der Waals surface area (Å²) in [5, 5.41) is 8.40. The van der Waals surface area contributed by atoms with E-state index < -0.39 is 5.97 Å². The summed E-state index contributed by atoms with van der Waals surface area (Å²) in [6.07, 6.45) is 6.72. The molecule has 0 fully saturated rings. The van der Waals surface area contributed by atoms with Gasteiger partial charge in [0, 0.05) is 12.8 Å². The molecule has 0 radical (unpaired) electrons. The molecule has 0 aromatic carbocycles. The number of aliphatic carboxylic acids is 1. The summed E-state index contributed by atoms with van der Waals surface area (Å²) in [7, 11) is 0. The predicted octanol–water partition coefficient (Wildman–Crippen LogP) is 3.12. The van der Waals surface area contributed by atoms with E-state index in [1.165, 1.54) is 6.26 Å². The molecular weight excluding hydrogens is 220 g/mol. The van der Waals surface area contributed by atoms with Crippen LogP contribution in [0.5, 0.6) is 0 Å². The lowest BCUT2D eigenvalue weighted by Gasteiger charge is -2.00. The molecular formula is C13H22O4. The molecule has 0 aromatic heterocycles. The van der Waals surface area contributed by atoms with Gasteiger partial charge in [-0.3, -0.25) is 9.59 Å². The van der Waals surface area contributed by atoms with Gasteiger partial charge < -0.3 is 9.84 Å². The van der Waals surface area contributed by atoms with Crippen LogP contribution in [-0.2, 0) is 14.3 Å². The van der Waals surface area contributed by atoms with Crippen molar-refractivity contribution in [2.45, 2.75) is 52.4 Å². The smallest absolute Gasteiger partial charge is 0.310 e. The van der Waals surface area contributed by atoms with Crippen LogP contribution in [0.4, 0.5) is 0 Å². The first kappa shape index (κ1) is 15.7. The van der Waals surface area contributed by atoms with Crippen molar-refractivity contribution in [1.82, 2.24) is 0 Å². The molecule has 0 aliphatic rings.